The Hall–Kier alpha value is -0.690. The molecule has 1 amide bonds. The zero-order valence-electron chi connectivity index (χ0n) is 16.9. The molecular weight excluding hydrogens is 344 g/mol. The normalized spacial score (nSPS) is 33.7. The smallest absolute Gasteiger partial charge is 0.222 e. The van der Waals surface area contributed by atoms with Gasteiger partial charge in [0.1, 0.15) is 0 Å². The minimum Gasteiger partial charge on any atom is -0.389 e. The van der Waals surface area contributed by atoms with E-state index in [1.54, 1.807) is 0 Å². The Bertz CT molecular complexity index is 455. The second-order valence-corrected chi connectivity index (χ2v) is 8.64. The lowest BCUT2D eigenvalue weighted by atomic mass is 9.87. The Morgan fingerprint density at radius 2 is 1.96 bits per heavy atom. The molecule has 0 unspecified atom stereocenters. The Labute approximate surface area is 164 Å². The number of aliphatic hydroxyl groups excluding tert-OH is 1. The lowest BCUT2D eigenvalue weighted by Gasteiger charge is -2.45. The maximum absolute atomic E-state index is 12.1. The van der Waals surface area contributed by atoms with Crippen LogP contribution in [0.2, 0.25) is 0 Å². The molecule has 2 aliphatic heterocycles. The number of ether oxygens (including phenoxy) is 2. The minimum atomic E-state index is -0.424. The van der Waals surface area contributed by atoms with Gasteiger partial charge in [0.05, 0.1) is 37.9 Å². The second-order valence-electron chi connectivity index (χ2n) is 8.64. The molecule has 0 aromatic heterocycles. The fourth-order valence-electron chi connectivity index (χ4n) is 4.90. The molecule has 0 spiro atoms. The summed E-state index contributed by atoms with van der Waals surface area (Å²) in [7, 11) is 0. The van der Waals surface area contributed by atoms with Crippen LogP contribution in [0.4, 0.5) is 0 Å². The highest BCUT2D eigenvalue weighted by atomic mass is 16.5. The summed E-state index contributed by atoms with van der Waals surface area (Å²) in [6.45, 7) is 5.40. The van der Waals surface area contributed by atoms with Crippen molar-refractivity contribution in [3.63, 3.8) is 0 Å². The maximum Gasteiger partial charge on any atom is 0.222 e. The number of carbonyl (C=O) groups excluding carboxylic acids is 1. The molecule has 2 N–H and O–H groups in total. The van der Waals surface area contributed by atoms with Gasteiger partial charge in [-0.1, -0.05) is 26.2 Å². The molecule has 1 saturated carbocycles. The van der Waals surface area contributed by atoms with Crippen LogP contribution < -0.4 is 5.32 Å². The lowest BCUT2D eigenvalue weighted by Crippen LogP contribution is -2.56. The highest BCUT2D eigenvalue weighted by Gasteiger charge is 2.38. The third kappa shape index (κ3) is 6.41. The largest absolute Gasteiger partial charge is 0.389 e. The van der Waals surface area contributed by atoms with Gasteiger partial charge in [0, 0.05) is 25.7 Å². The van der Waals surface area contributed by atoms with Crippen molar-refractivity contribution in [1.82, 2.24) is 10.2 Å². The van der Waals surface area contributed by atoms with Crippen LogP contribution in [0.5, 0.6) is 0 Å². The lowest BCUT2D eigenvalue weighted by molar-refractivity contribution is -0.158. The van der Waals surface area contributed by atoms with Gasteiger partial charge in [-0.05, 0) is 38.0 Å². The molecule has 1 aliphatic carbocycles. The summed E-state index contributed by atoms with van der Waals surface area (Å²) in [4.78, 5) is 14.5. The molecule has 27 heavy (non-hydrogen) atoms. The summed E-state index contributed by atoms with van der Waals surface area (Å²) < 4.78 is 12.0. The molecule has 3 fully saturated rings. The van der Waals surface area contributed by atoms with Crippen molar-refractivity contribution >= 4 is 5.91 Å². The van der Waals surface area contributed by atoms with Gasteiger partial charge in [-0.15, -0.1) is 0 Å². The van der Waals surface area contributed by atoms with E-state index in [4.69, 9.17) is 9.47 Å². The minimum absolute atomic E-state index is 0.00110. The predicted molar refractivity (Wildman–Crippen MR) is 105 cm³/mol. The molecule has 0 bridgehead atoms. The average Bonchev–Trinajstić information content (AvgIpc) is 2.66. The Morgan fingerprint density at radius 1 is 1.15 bits per heavy atom. The topological polar surface area (TPSA) is 71.0 Å². The van der Waals surface area contributed by atoms with E-state index in [0.717, 1.165) is 38.3 Å². The predicted octanol–water partition coefficient (Wildman–Crippen LogP) is 2.09. The third-order valence-electron chi connectivity index (χ3n) is 6.29. The molecule has 3 aliphatic rings. The number of hydrogen-bond donors (Lipinski definition) is 2. The summed E-state index contributed by atoms with van der Waals surface area (Å²) in [5, 5.41) is 13.2. The summed E-state index contributed by atoms with van der Waals surface area (Å²) >= 11 is 0. The van der Waals surface area contributed by atoms with E-state index in [-0.39, 0.29) is 24.2 Å². The summed E-state index contributed by atoms with van der Waals surface area (Å²) in [5.41, 5.74) is 0. The van der Waals surface area contributed by atoms with Gasteiger partial charge in [-0.25, -0.2) is 0 Å². The van der Waals surface area contributed by atoms with E-state index in [9.17, 15) is 9.90 Å². The number of hydrogen-bond acceptors (Lipinski definition) is 5. The first-order chi connectivity index (χ1) is 13.2. The fraction of sp³-hybridized carbons (Fsp3) is 0.952. The van der Waals surface area contributed by atoms with E-state index in [2.05, 4.69) is 17.1 Å². The van der Waals surface area contributed by atoms with Crippen molar-refractivity contribution in [2.24, 2.45) is 5.92 Å². The van der Waals surface area contributed by atoms with E-state index in [1.807, 2.05) is 0 Å². The zero-order chi connectivity index (χ0) is 19.1. The first-order valence-corrected chi connectivity index (χ1v) is 11.1. The molecular formula is C21H38N2O4. The van der Waals surface area contributed by atoms with Crippen LogP contribution in [0.25, 0.3) is 0 Å². The van der Waals surface area contributed by atoms with Gasteiger partial charge < -0.3 is 19.9 Å². The molecule has 0 aromatic carbocycles. The Balaban J connectivity index is 1.58. The third-order valence-corrected chi connectivity index (χ3v) is 6.29. The summed E-state index contributed by atoms with van der Waals surface area (Å²) in [5.74, 6) is 0.825. The quantitative estimate of drug-likeness (QED) is 0.736. The van der Waals surface area contributed by atoms with Crippen LogP contribution >= 0.6 is 0 Å². The summed E-state index contributed by atoms with van der Waals surface area (Å²) in [6.07, 6.45) is 9.51. The molecule has 0 radical (unpaired) electrons. The molecule has 0 aromatic rings. The summed E-state index contributed by atoms with van der Waals surface area (Å²) in [6, 6.07) is 0.289. The average molecular weight is 383 g/mol. The monoisotopic (exact) mass is 382 g/mol. The number of amides is 1. The number of fused-ring (bicyclic) bond motifs is 1. The molecule has 2 heterocycles. The molecule has 6 nitrogen and oxygen atoms in total. The van der Waals surface area contributed by atoms with E-state index in [1.165, 1.54) is 32.1 Å². The number of rotatable bonds is 6. The number of aliphatic hydroxyl groups is 1. The van der Waals surface area contributed by atoms with E-state index in [0.29, 0.717) is 26.2 Å². The fourth-order valence-corrected chi connectivity index (χ4v) is 4.90. The van der Waals surface area contributed by atoms with Crippen LogP contribution in [0.15, 0.2) is 0 Å². The van der Waals surface area contributed by atoms with Gasteiger partial charge in [-0.2, -0.15) is 0 Å². The molecule has 3 rings (SSSR count). The number of nitrogens with one attached hydrogen (secondary N) is 1. The number of β-amino-alcohol motifs (C(OH)–C–C–N with tert-alkyl or cyclic N) is 1. The first-order valence-electron chi connectivity index (χ1n) is 11.1. The van der Waals surface area contributed by atoms with Gasteiger partial charge in [-0.3, -0.25) is 9.69 Å². The van der Waals surface area contributed by atoms with Crippen molar-refractivity contribution in [3.05, 3.63) is 0 Å². The van der Waals surface area contributed by atoms with Crippen LogP contribution in [0.1, 0.15) is 64.7 Å². The van der Waals surface area contributed by atoms with Gasteiger partial charge in [0.15, 0.2) is 0 Å². The number of nitrogens with zero attached hydrogens (tertiary/aromatic N) is 1. The van der Waals surface area contributed by atoms with Crippen molar-refractivity contribution < 1.29 is 19.4 Å². The van der Waals surface area contributed by atoms with Crippen LogP contribution in [-0.2, 0) is 14.3 Å². The van der Waals surface area contributed by atoms with Crippen molar-refractivity contribution in [3.8, 4) is 0 Å². The van der Waals surface area contributed by atoms with Gasteiger partial charge in [0.25, 0.3) is 0 Å². The highest BCUT2D eigenvalue weighted by molar-refractivity contribution is 5.76. The SMILES string of the molecule is CCCNC(=O)C[C@H]1CC[C@@H]2[C@H](COC[C@@H](O)CN2CC2CCCCC2)O1. The van der Waals surface area contributed by atoms with Crippen LogP contribution in [0, 0.1) is 5.92 Å². The van der Waals surface area contributed by atoms with Crippen molar-refractivity contribution in [2.75, 3.05) is 32.8 Å². The second kappa shape index (κ2) is 10.7. The molecule has 156 valence electrons. The Morgan fingerprint density at radius 3 is 2.74 bits per heavy atom. The van der Waals surface area contributed by atoms with Crippen LogP contribution in [-0.4, -0.2) is 73.1 Å². The zero-order valence-corrected chi connectivity index (χ0v) is 16.9. The Kier molecular flexibility index (Phi) is 8.37. The highest BCUT2D eigenvalue weighted by Crippen LogP contribution is 2.31. The molecule has 6 heteroatoms. The molecule has 4 atom stereocenters. The van der Waals surface area contributed by atoms with Crippen molar-refractivity contribution in [2.45, 2.75) is 89.1 Å². The van der Waals surface area contributed by atoms with E-state index >= 15 is 0 Å². The van der Waals surface area contributed by atoms with Crippen LogP contribution in [0.3, 0.4) is 0 Å². The van der Waals surface area contributed by atoms with Crippen molar-refractivity contribution in [1.29, 1.82) is 0 Å². The van der Waals surface area contributed by atoms with E-state index < -0.39 is 6.10 Å². The van der Waals surface area contributed by atoms with Gasteiger partial charge in [0.2, 0.25) is 5.91 Å². The first kappa shape index (κ1) is 21.0. The number of carbonyl (C=O) groups is 1. The van der Waals surface area contributed by atoms with Gasteiger partial charge >= 0.3 is 0 Å². The standard InChI is InChI=1S/C21H38N2O4/c1-2-10-22-21(25)11-18-8-9-19-20(27-18)15-26-14-17(24)13-23(19)12-16-6-4-3-5-7-16/h16-20,24H,2-15H2,1H3,(H,22,25)/t17-,18+,19+,20-/m0/s1. The maximum atomic E-state index is 12.1. The molecule has 2 saturated heterocycles.